The predicted octanol–water partition coefficient (Wildman–Crippen LogP) is 3.75. The summed E-state index contributed by atoms with van der Waals surface area (Å²) < 4.78 is 0. The van der Waals surface area contributed by atoms with E-state index in [4.69, 9.17) is 0 Å². The van der Waals surface area contributed by atoms with Crippen molar-refractivity contribution in [3.05, 3.63) is 75.3 Å². The van der Waals surface area contributed by atoms with E-state index in [9.17, 15) is 10.1 Å². The monoisotopic (exact) mass is 270 g/mol. The van der Waals surface area contributed by atoms with Crippen LogP contribution in [0, 0.1) is 17.0 Å². The Hall–Kier alpha value is -2.20. The van der Waals surface area contributed by atoms with Gasteiger partial charge in [-0.2, -0.15) is 0 Å². The first-order valence-electron chi connectivity index (χ1n) is 6.61. The number of benzene rings is 2. The second-order valence-corrected chi connectivity index (χ2v) is 4.84. The summed E-state index contributed by atoms with van der Waals surface area (Å²) in [4.78, 5) is 10.7. The predicted molar refractivity (Wildman–Crippen MR) is 79.5 cm³/mol. The van der Waals surface area contributed by atoms with Crippen LogP contribution in [0.3, 0.4) is 0 Å². The summed E-state index contributed by atoms with van der Waals surface area (Å²) in [5.41, 5.74) is 3.30. The van der Waals surface area contributed by atoms with Crippen molar-refractivity contribution in [2.24, 2.45) is 0 Å². The summed E-state index contributed by atoms with van der Waals surface area (Å²) >= 11 is 0. The summed E-state index contributed by atoms with van der Waals surface area (Å²) in [5, 5.41) is 14.4. The maximum atomic E-state index is 11.0. The van der Waals surface area contributed by atoms with Crippen molar-refractivity contribution in [1.29, 1.82) is 0 Å². The van der Waals surface area contributed by atoms with Crippen LogP contribution in [0.1, 0.15) is 29.7 Å². The first-order chi connectivity index (χ1) is 9.59. The van der Waals surface area contributed by atoms with Crippen molar-refractivity contribution in [2.45, 2.75) is 26.4 Å². The van der Waals surface area contributed by atoms with Crippen LogP contribution in [0.5, 0.6) is 0 Å². The molecule has 20 heavy (non-hydrogen) atoms. The number of nitro groups is 1. The lowest BCUT2D eigenvalue weighted by Gasteiger charge is -2.15. The molecule has 0 fully saturated rings. The molecule has 0 aliphatic heterocycles. The van der Waals surface area contributed by atoms with E-state index in [1.807, 2.05) is 25.1 Å². The van der Waals surface area contributed by atoms with Crippen molar-refractivity contribution in [3.63, 3.8) is 0 Å². The molecule has 0 aliphatic rings. The number of para-hydroxylation sites is 1. The normalized spacial score (nSPS) is 12.1. The van der Waals surface area contributed by atoms with Crippen LogP contribution < -0.4 is 5.32 Å². The standard InChI is InChI=1S/C16H18N2O2/c1-12-7-3-4-8-14(12)11-17-13(2)15-9-5-6-10-16(15)18(19)20/h3-10,13,17H,11H2,1-2H3. The molecule has 0 aromatic heterocycles. The van der Waals surface area contributed by atoms with Gasteiger partial charge in [-0.1, -0.05) is 42.5 Å². The van der Waals surface area contributed by atoms with Crippen LogP contribution in [-0.4, -0.2) is 4.92 Å². The molecule has 0 saturated heterocycles. The zero-order valence-electron chi connectivity index (χ0n) is 11.7. The highest BCUT2D eigenvalue weighted by molar-refractivity contribution is 5.41. The Morgan fingerprint density at radius 1 is 1.15 bits per heavy atom. The lowest BCUT2D eigenvalue weighted by molar-refractivity contribution is -0.385. The van der Waals surface area contributed by atoms with E-state index in [1.54, 1.807) is 18.2 Å². The molecule has 0 aliphatic carbocycles. The Labute approximate surface area is 118 Å². The van der Waals surface area contributed by atoms with Gasteiger partial charge < -0.3 is 5.32 Å². The summed E-state index contributed by atoms with van der Waals surface area (Å²) in [7, 11) is 0. The summed E-state index contributed by atoms with van der Waals surface area (Å²) in [6.07, 6.45) is 0. The molecule has 1 N–H and O–H groups in total. The molecule has 0 bridgehead atoms. The van der Waals surface area contributed by atoms with Crippen molar-refractivity contribution in [3.8, 4) is 0 Å². The summed E-state index contributed by atoms with van der Waals surface area (Å²) in [5.74, 6) is 0. The molecular weight excluding hydrogens is 252 g/mol. The SMILES string of the molecule is Cc1ccccc1CNC(C)c1ccccc1[N+](=O)[O-]. The van der Waals surface area contributed by atoms with Crippen LogP contribution in [0.15, 0.2) is 48.5 Å². The topological polar surface area (TPSA) is 55.2 Å². The summed E-state index contributed by atoms with van der Waals surface area (Å²) in [6, 6.07) is 14.9. The van der Waals surface area contributed by atoms with Crippen molar-refractivity contribution < 1.29 is 4.92 Å². The minimum Gasteiger partial charge on any atom is -0.306 e. The Kier molecular flexibility index (Phi) is 4.48. The van der Waals surface area contributed by atoms with Crippen LogP contribution in [-0.2, 0) is 6.54 Å². The zero-order chi connectivity index (χ0) is 14.5. The number of nitrogens with one attached hydrogen (secondary N) is 1. The molecule has 2 aromatic carbocycles. The Balaban J connectivity index is 2.11. The van der Waals surface area contributed by atoms with Gasteiger partial charge in [0.1, 0.15) is 0 Å². The fraction of sp³-hybridized carbons (Fsp3) is 0.250. The van der Waals surface area contributed by atoms with E-state index in [0.29, 0.717) is 12.1 Å². The van der Waals surface area contributed by atoms with Gasteiger partial charge in [0, 0.05) is 24.2 Å². The number of hydrogen-bond acceptors (Lipinski definition) is 3. The lowest BCUT2D eigenvalue weighted by atomic mass is 10.0. The fourth-order valence-corrected chi connectivity index (χ4v) is 2.20. The van der Waals surface area contributed by atoms with Gasteiger partial charge in [0.2, 0.25) is 0 Å². The quantitative estimate of drug-likeness (QED) is 0.665. The first kappa shape index (κ1) is 14.2. The van der Waals surface area contributed by atoms with Crippen LogP contribution in [0.2, 0.25) is 0 Å². The molecule has 104 valence electrons. The number of hydrogen-bond donors (Lipinski definition) is 1. The molecule has 0 amide bonds. The molecule has 4 nitrogen and oxygen atoms in total. The van der Waals surface area contributed by atoms with Gasteiger partial charge in [-0.05, 0) is 25.0 Å². The van der Waals surface area contributed by atoms with Gasteiger partial charge >= 0.3 is 0 Å². The molecule has 1 unspecified atom stereocenters. The van der Waals surface area contributed by atoms with Crippen molar-refractivity contribution >= 4 is 5.69 Å². The van der Waals surface area contributed by atoms with Gasteiger partial charge in [0.05, 0.1) is 4.92 Å². The molecule has 0 radical (unpaired) electrons. The average Bonchev–Trinajstić information content (AvgIpc) is 2.46. The van der Waals surface area contributed by atoms with Crippen molar-refractivity contribution in [2.75, 3.05) is 0 Å². The van der Waals surface area contributed by atoms with Crippen molar-refractivity contribution in [1.82, 2.24) is 5.32 Å². The smallest absolute Gasteiger partial charge is 0.274 e. The van der Waals surface area contributed by atoms with Gasteiger partial charge in [0.25, 0.3) is 5.69 Å². The molecule has 0 spiro atoms. The van der Waals surface area contributed by atoms with E-state index < -0.39 is 0 Å². The Morgan fingerprint density at radius 2 is 1.80 bits per heavy atom. The number of nitrogens with zero attached hydrogens (tertiary/aromatic N) is 1. The lowest BCUT2D eigenvalue weighted by Crippen LogP contribution is -2.19. The van der Waals surface area contributed by atoms with Gasteiger partial charge in [-0.25, -0.2) is 0 Å². The number of nitro benzene ring substituents is 1. The van der Waals surface area contributed by atoms with Gasteiger partial charge in [-0.15, -0.1) is 0 Å². The third-order valence-electron chi connectivity index (χ3n) is 3.46. The largest absolute Gasteiger partial charge is 0.306 e. The minimum atomic E-state index is -0.332. The van der Waals surface area contributed by atoms with Gasteiger partial charge in [0.15, 0.2) is 0 Å². The first-order valence-corrected chi connectivity index (χ1v) is 6.61. The molecule has 1 atom stereocenters. The molecule has 0 heterocycles. The molecule has 4 heteroatoms. The highest BCUT2D eigenvalue weighted by Crippen LogP contribution is 2.24. The van der Waals surface area contributed by atoms with Crippen LogP contribution in [0.4, 0.5) is 5.69 Å². The van der Waals surface area contributed by atoms with Gasteiger partial charge in [-0.3, -0.25) is 10.1 Å². The minimum absolute atomic E-state index is 0.0730. The van der Waals surface area contributed by atoms with E-state index in [1.165, 1.54) is 11.1 Å². The Bertz CT molecular complexity index is 611. The molecule has 2 aromatic rings. The van der Waals surface area contributed by atoms with E-state index in [0.717, 1.165) is 0 Å². The zero-order valence-corrected chi connectivity index (χ0v) is 11.7. The molecule has 2 rings (SSSR count). The highest BCUT2D eigenvalue weighted by Gasteiger charge is 2.17. The maximum Gasteiger partial charge on any atom is 0.274 e. The second kappa shape index (κ2) is 6.30. The Morgan fingerprint density at radius 3 is 2.50 bits per heavy atom. The van der Waals surface area contributed by atoms with Crippen LogP contribution in [0.25, 0.3) is 0 Å². The average molecular weight is 270 g/mol. The van der Waals surface area contributed by atoms with Crippen LogP contribution >= 0.6 is 0 Å². The molecular formula is C16H18N2O2. The second-order valence-electron chi connectivity index (χ2n) is 4.84. The molecule has 0 saturated carbocycles. The maximum absolute atomic E-state index is 11.0. The summed E-state index contributed by atoms with van der Waals surface area (Å²) in [6.45, 7) is 4.70. The third kappa shape index (κ3) is 3.22. The number of rotatable bonds is 5. The number of aryl methyl sites for hydroxylation is 1. The van der Waals surface area contributed by atoms with E-state index >= 15 is 0 Å². The third-order valence-corrected chi connectivity index (χ3v) is 3.46. The highest BCUT2D eigenvalue weighted by atomic mass is 16.6. The fourth-order valence-electron chi connectivity index (χ4n) is 2.20. The van der Waals surface area contributed by atoms with E-state index in [2.05, 4.69) is 24.4 Å². The van der Waals surface area contributed by atoms with E-state index in [-0.39, 0.29) is 16.7 Å².